The van der Waals surface area contributed by atoms with Gasteiger partial charge in [0.05, 0.1) is 0 Å². The van der Waals surface area contributed by atoms with Gasteiger partial charge in [0.1, 0.15) is 0 Å². The molecule has 1 unspecified atom stereocenters. The molecule has 0 spiro atoms. The first-order valence-electron chi connectivity index (χ1n) is 6.87. The van der Waals surface area contributed by atoms with Gasteiger partial charge in [-0.05, 0) is 44.8 Å². The lowest BCUT2D eigenvalue weighted by Gasteiger charge is -2.36. The summed E-state index contributed by atoms with van der Waals surface area (Å²) in [4.78, 5) is 5.10. The van der Waals surface area contributed by atoms with Gasteiger partial charge in [-0.1, -0.05) is 6.92 Å². The molecule has 0 aromatic rings. The van der Waals surface area contributed by atoms with Crippen LogP contribution in [0.4, 0.5) is 0 Å². The van der Waals surface area contributed by atoms with Gasteiger partial charge in [0.2, 0.25) is 0 Å². The number of piperazine rings is 1. The van der Waals surface area contributed by atoms with Gasteiger partial charge in [0.25, 0.3) is 0 Å². The van der Waals surface area contributed by atoms with Crippen LogP contribution < -0.4 is 5.32 Å². The van der Waals surface area contributed by atoms with Gasteiger partial charge in [0, 0.05) is 32.7 Å². The Kier molecular flexibility index (Phi) is 4.62. The predicted molar refractivity (Wildman–Crippen MR) is 68.7 cm³/mol. The first kappa shape index (κ1) is 12.3. The first-order valence-corrected chi connectivity index (χ1v) is 6.87. The number of piperidine rings is 1. The van der Waals surface area contributed by atoms with Crippen LogP contribution in [0.25, 0.3) is 0 Å². The molecule has 3 nitrogen and oxygen atoms in total. The normalized spacial score (nSPS) is 28.1. The topological polar surface area (TPSA) is 18.5 Å². The monoisotopic (exact) mass is 225 g/mol. The van der Waals surface area contributed by atoms with E-state index >= 15 is 0 Å². The maximum atomic E-state index is 3.42. The summed E-state index contributed by atoms with van der Waals surface area (Å²) < 4.78 is 0. The molecule has 2 saturated heterocycles. The van der Waals surface area contributed by atoms with E-state index in [1.807, 2.05) is 0 Å². The molecule has 0 aromatic carbocycles. The summed E-state index contributed by atoms with van der Waals surface area (Å²) in [5, 5.41) is 3.42. The average molecular weight is 225 g/mol. The number of nitrogens with zero attached hydrogens (tertiary/aromatic N) is 2. The molecule has 2 aliphatic rings. The van der Waals surface area contributed by atoms with Crippen LogP contribution in [0.3, 0.4) is 0 Å². The number of rotatable bonds is 3. The Bertz CT molecular complexity index is 193. The Labute approximate surface area is 100 Å². The minimum absolute atomic E-state index is 0.881. The van der Waals surface area contributed by atoms with Crippen LogP contribution in [-0.2, 0) is 0 Å². The highest BCUT2D eigenvalue weighted by Crippen LogP contribution is 2.24. The molecule has 0 saturated carbocycles. The first-order chi connectivity index (χ1) is 7.75. The van der Waals surface area contributed by atoms with Gasteiger partial charge in [-0.2, -0.15) is 0 Å². The van der Waals surface area contributed by atoms with Gasteiger partial charge in [-0.15, -0.1) is 0 Å². The van der Waals surface area contributed by atoms with E-state index in [4.69, 9.17) is 0 Å². The fourth-order valence-corrected chi connectivity index (χ4v) is 3.05. The molecule has 0 amide bonds. The highest BCUT2D eigenvalue weighted by Gasteiger charge is 2.24. The molecule has 0 aromatic heterocycles. The lowest BCUT2D eigenvalue weighted by Crippen LogP contribution is -2.46. The van der Waals surface area contributed by atoms with E-state index in [2.05, 4.69) is 29.1 Å². The zero-order valence-corrected chi connectivity index (χ0v) is 10.9. The Morgan fingerprint density at radius 3 is 2.38 bits per heavy atom. The molecule has 2 aliphatic heterocycles. The largest absolute Gasteiger partial charge is 0.314 e. The van der Waals surface area contributed by atoms with Crippen molar-refractivity contribution < 1.29 is 0 Å². The van der Waals surface area contributed by atoms with Gasteiger partial charge < -0.3 is 15.1 Å². The molecule has 0 bridgehead atoms. The van der Waals surface area contributed by atoms with E-state index in [-0.39, 0.29) is 0 Å². The Morgan fingerprint density at radius 1 is 1.12 bits per heavy atom. The zero-order chi connectivity index (χ0) is 11.4. The lowest BCUT2D eigenvalue weighted by atomic mass is 9.85. The van der Waals surface area contributed by atoms with E-state index in [0.717, 1.165) is 11.8 Å². The molecule has 1 N–H and O–H groups in total. The fraction of sp³-hybridized carbons (Fsp3) is 1.00. The van der Waals surface area contributed by atoms with Crippen molar-refractivity contribution in [1.82, 2.24) is 15.1 Å². The summed E-state index contributed by atoms with van der Waals surface area (Å²) in [5.41, 5.74) is 0. The molecule has 16 heavy (non-hydrogen) atoms. The molecule has 94 valence electrons. The molecule has 0 aliphatic carbocycles. The van der Waals surface area contributed by atoms with Crippen LogP contribution in [0.1, 0.15) is 19.8 Å². The summed E-state index contributed by atoms with van der Waals surface area (Å²) in [6.07, 6.45) is 2.81. The number of nitrogens with one attached hydrogen (secondary N) is 1. The van der Waals surface area contributed by atoms with Crippen LogP contribution in [0.5, 0.6) is 0 Å². The third kappa shape index (κ3) is 3.44. The SMILES string of the molecule is CC(CN1CCNCC1)C1CCN(C)CC1. The smallest absolute Gasteiger partial charge is 0.0107 e. The van der Waals surface area contributed by atoms with E-state index in [0.29, 0.717) is 0 Å². The second-order valence-corrected chi connectivity index (χ2v) is 5.67. The third-order valence-electron chi connectivity index (χ3n) is 4.32. The quantitative estimate of drug-likeness (QED) is 0.769. The summed E-state index contributed by atoms with van der Waals surface area (Å²) in [6, 6.07) is 0. The van der Waals surface area contributed by atoms with E-state index < -0.39 is 0 Å². The molecule has 3 heteroatoms. The maximum Gasteiger partial charge on any atom is 0.0107 e. The molecular formula is C13H27N3. The van der Waals surface area contributed by atoms with E-state index in [1.54, 1.807) is 0 Å². The Morgan fingerprint density at radius 2 is 1.75 bits per heavy atom. The van der Waals surface area contributed by atoms with Crippen molar-refractivity contribution in [3.05, 3.63) is 0 Å². The maximum absolute atomic E-state index is 3.42. The van der Waals surface area contributed by atoms with E-state index in [1.165, 1.54) is 58.7 Å². The van der Waals surface area contributed by atoms with Crippen LogP contribution in [-0.4, -0.2) is 62.7 Å². The van der Waals surface area contributed by atoms with Crippen LogP contribution in [0, 0.1) is 11.8 Å². The standard InChI is InChI=1S/C13H27N3/c1-12(11-16-9-5-14-6-10-16)13-3-7-15(2)8-4-13/h12-14H,3-11H2,1-2H3. The van der Waals surface area contributed by atoms with Gasteiger partial charge in [0.15, 0.2) is 0 Å². The number of hydrogen-bond donors (Lipinski definition) is 1. The van der Waals surface area contributed by atoms with E-state index in [9.17, 15) is 0 Å². The Balaban J connectivity index is 1.72. The van der Waals surface area contributed by atoms with Crippen LogP contribution >= 0.6 is 0 Å². The molecule has 2 rings (SSSR count). The van der Waals surface area contributed by atoms with Crippen molar-refractivity contribution >= 4 is 0 Å². The summed E-state index contributed by atoms with van der Waals surface area (Å²) >= 11 is 0. The summed E-state index contributed by atoms with van der Waals surface area (Å²) in [5.74, 6) is 1.85. The second-order valence-electron chi connectivity index (χ2n) is 5.67. The molecule has 1 atom stereocenters. The highest BCUT2D eigenvalue weighted by molar-refractivity contribution is 4.78. The third-order valence-corrected chi connectivity index (χ3v) is 4.32. The summed E-state index contributed by atoms with van der Waals surface area (Å²) in [7, 11) is 2.25. The zero-order valence-electron chi connectivity index (χ0n) is 10.9. The predicted octanol–water partition coefficient (Wildman–Crippen LogP) is 0.870. The number of likely N-dealkylation sites (tertiary alicyclic amines) is 1. The minimum Gasteiger partial charge on any atom is -0.314 e. The van der Waals surface area contributed by atoms with Gasteiger partial charge in [-0.3, -0.25) is 0 Å². The van der Waals surface area contributed by atoms with Crippen molar-refractivity contribution in [2.75, 3.05) is 52.9 Å². The minimum atomic E-state index is 0.881. The van der Waals surface area contributed by atoms with Gasteiger partial charge in [-0.25, -0.2) is 0 Å². The average Bonchev–Trinajstić information content (AvgIpc) is 2.31. The van der Waals surface area contributed by atoms with Crippen molar-refractivity contribution in [1.29, 1.82) is 0 Å². The number of hydrogen-bond acceptors (Lipinski definition) is 3. The molecule has 2 fully saturated rings. The Hall–Kier alpha value is -0.120. The van der Waals surface area contributed by atoms with Crippen LogP contribution in [0.2, 0.25) is 0 Å². The lowest BCUT2D eigenvalue weighted by molar-refractivity contribution is 0.133. The summed E-state index contributed by atoms with van der Waals surface area (Å²) in [6.45, 7) is 11.2. The highest BCUT2D eigenvalue weighted by atomic mass is 15.2. The molecular weight excluding hydrogens is 198 g/mol. The molecule has 0 radical (unpaired) electrons. The molecule has 2 heterocycles. The van der Waals surface area contributed by atoms with Gasteiger partial charge >= 0.3 is 0 Å². The van der Waals surface area contributed by atoms with Crippen molar-refractivity contribution in [3.8, 4) is 0 Å². The fourth-order valence-electron chi connectivity index (χ4n) is 3.05. The van der Waals surface area contributed by atoms with Crippen molar-refractivity contribution in [2.45, 2.75) is 19.8 Å². The van der Waals surface area contributed by atoms with Crippen LogP contribution in [0.15, 0.2) is 0 Å². The second kappa shape index (κ2) is 5.99. The van der Waals surface area contributed by atoms with Crippen molar-refractivity contribution in [3.63, 3.8) is 0 Å². The van der Waals surface area contributed by atoms with Crippen molar-refractivity contribution in [2.24, 2.45) is 11.8 Å².